The maximum Gasteiger partial charge on any atom is 0.417 e. The van der Waals surface area contributed by atoms with E-state index in [9.17, 15) is 13.2 Å². The van der Waals surface area contributed by atoms with Crippen LogP contribution < -0.4 is 0 Å². The maximum atomic E-state index is 13.3. The summed E-state index contributed by atoms with van der Waals surface area (Å²) in [5, 5.41) is 0.784. The first-order chi connectivity index (χ1) is 11.9. The Bertz CT molecular complexity index is 950. The summed E-state index contributed by atoms with van der Waals surface area (Å²) in [4.78, 5) is 0. The third-order valence-electron chi connectivity index (χ3n) is 3.69. The Labute approximate surface area is 142 Å². The van der Waals surface area contributed by atoms with Crippen molar-refractivity contribution in [3.63, 3.8) is 0 Å². The van der Waals surface area contributed by atoms with Gasteiger partial charge in [0, 0.05) is 18.2 Å². The molecule has 1 nitrogen and oxygen atoms in total. The van der Waals surface area contributed by atoms with Gasteiger partial charge in [-0.25, -0.2) is 0 Å². The summed E-state index contributed by atoms with van der Waals surface area (Å²) in [5.41, 5.74) is -0.310. The molecule has 3 rings (SSSR count). The molecule has 0 fully saturated rings. The third-order valence-corrected chi connectivity index (χ3v) is 3.69. The van der Waals surface area contributed by atoms with Crippen LogP contribution in [0.1, 0.15) is 29.1 Å². The second-order valence-electron chi connectivity index (χ2n) is 6.86. The molecule has 0 N–H and O–H groups in total. The number of alkyl halides is 3. The van der Waals surface area contributed by atoms with Gasteiger partial charge in [-0.05, 0) is 40.1 Å². The lowest BCUT2D eigenvalue weighted by Gasteiger charge is -2.20. The van der Waals surface area contributed by atoms with E-state index in [1.807, 2.05) is 0 Å². The molecule has 4 heteroatoms. The molecule has 0 unspecified atom stereocenters. The second-order valence-corrected chi connectivity index (χ2v) is 6.86. The van der Waals surface area contributed by atoms with Crippen molar-refractivity contribution >= 4 is 10.9 Å². The lowest BCUT2D eigenvalue weighted by atomic mass is 9.96. The number of fused-ring (bicyclic) bond motifs is 1. The molecule has 0 amide bonds. The molecule has 0 spiro atoms. The largest absolute Gasteiger partial charge is 0.417 e. The van der Waals surface area contributed by atoms with Gasteiger partial charge in [0.2, 0.25) is 0 Å². The fraction of sp³-hybridized carbons (Fsp3) is 0.300. The van der Waals surface area contributed by atoms with Crippen molar-refractivity contribution in [2.24, 2.45) is 5.41 Å². The minimum atomic E-state index is -4.45. The second kappa shape index (κ2) is 5.69. The van der Waals surface area contributed by atoms with Gasteiger partial charge in [-0.15, -0.1) is 0 Å². The van der Waals surface area contributed by atoms with Crippen molar-refractivity contribution < 1.29 is 15.9 Å². The SMILES string of the molecule is [2H]C([2H])(n1ccc2ccc(-c3ccccc3C(F)(F)F)cc21)C(C)(C)C. The average molecular weight is 333 g/mol. The summed E-state index contributed by atoms with van der Waals surface area (Å²) in [7, 11) is 0. The van der Waals surface area contributed by atoms with E-state index in [1.165, 1.54) is 16.7 Å². The molecular weight excluding hydrogens is 311 g/mol. The molecule has 2 aromatic carbocycles. The van der Waals surface area contributed by atoms with Gasteiger partial charge < -0.3 is 4.57 Å². The molecule has 0 bridgehead atoms. The Hall–Kier alpha value is -2.23. The predicted octanol–water partition coefficient (Wildman–Crippen LogP) is 6.37. The first kappa shape index (κ1) is 14.1. The van der Waals surface area contributed by atoms with Crippen molar-refractivity contribution in [1.29, 1.82) is 0 Å². The molecule has 0 saturated heterocycles. The molecule has 126 valence electrons. The number of halogens is 3. The highest BCUT2D eigenvalue weighted by molar-refractivity contribution is 5.86. The van der Waals surface area contributed by atoms with Gasteiger partial charge in [0.05, 0.1) is 8.30 Å². The molecule has 3 aromatic rings. The summed E-state index contributed by atoms with van der Waals surface area (Å²) in [6.45, 7) is 3.68. The quantitative estimate of drug-likeness (QED) is 0.513. The minimum Gasteiger partial charge on any atom is -0.347 e. The van der Waals surface area contributed by atoms with E-state index in [0.29, 0.717) is 11.1 Å². The van der Waals surface area contributed by atoms with Crippen LogP contribution in [-0.2, 0) is 12.7 Å². The van der Waals surface area contributed by atoms with Crippen LogP contribution in [-0.4, -0.2) is 4.57 Å². The number of hydrogen-bond donors (Lipinski definition) is 0. The third kappa shape index (κ3) is 3.32. The molecule has 0 saturated carbocycles. The number of rotatable bonds is 2. The Kier molecular flexibility index (Phi) is 3.35. The zero-order valence-electron chi connectivity index (χ0n) is 15.8. The van der Waals surface area contributed by atoms with Crippen molar-refractivity contribution in [3.05, 3.63) is 60.3 Å². The monoisotopic (exact) mass is 333 g/mol. The van der Waals surface area contributed by atoms with Crippen molar-refractivity contribution in [1.82, 2.24) is 4.57 Å². The van der Waals surface area contributed by atoms with Gasteiger partial charge >= 0.3 is 6.18 Å². The predicted molar refractivity (Wildman–Crippen MR) is 91.8 cm³/mol. The van der Waals surface area contributed by atoms with Gasteiger partial charge in [0.15, 0.2) is 0 Å². The van der Waals surface area contributed by atoms with Gasteiger partial charge in [-0.2, -0.15) is 13.2 Å². The molecule has 24 heavy (non-hydrogen) atoms. The zero-order chi connectivity index (χ0) is 19.3. The van der Waals surface area contributed by atoms with Crippen LogP contribution in [0.25, 0.3) is 22.0 Å². The first-order valence-corrected chi connectivity index (χ1v) is 7.71. The van der Waals surface area contributed by atoms with E-state index in [1.54, 1.807) is 57.3 Å². The first-order valence-electron chi connectivity index (χ1n) is 8.71. The molecule has 0 aliphatic rings. The van der Waals surface area contributed by atoms with E-state index in [2.05, 4.69) is 0 Å². The molecule has 0 aliphatic heterocycles. The van der Waals surface area contributed by atoms with Crippen LogP contribution in [0.5, 0.6) is 0 Å². The number of benzene rings is 2. The molecule has 0 radical (unpaired) electrons. The Morgan fingerprint density at radius 1 is 1.00 bits per heavy atom. The zero-order valence-corrected chi connectivity index (χ0v) is 13.8. The lowest BCUT2D eigenvalue weighted by molar-refractivity contribution is -0.137. The maximum absolute atomic E-state index is 13.3. The Balaban J connectivity index is 2.22. The fourth-order valence-corrected chi connectivity index (χ4v) is 2.74. The summed E-state index contributed by atoms with van der Waals surface area (Å²) in [6.07, 6.45) is -2.80. The summed E-state index contributed by atoms with van der Waals surface area (Å²) < 4.78 is 58.5. The van der Waals surface area contributed by atoms with Crippen LogP contribution in [0.2, 0.25) is 0 Å². The smallest absolute Gasteiger partial charge is 0.347 e. The fourth-order valence-electron chi connectivity index (χ4n) is 2.74. The summed E-state index contributed by atoms with van der Waals surface area (Å²) >= 11 is 0. The molecule has 1 aromatic heterocycles. The number of nitrogens with zero attached hydrogens (tertiary/aromatic N) is 1. The standard InChI is InChI=1S/C20H20F3N/c1-19(2,3)13-24-11-10-14-8-9-15(12-18(14)24)16-6-4-5-7-17(16)20(21,22)23/h4-12H,13H2,1-3H3/i13D2. The van der Waals surface area contributed by atoms with E-state index in [4.69, 9.17) is 2.74 Å². The Morgan fingerprint density at radius 2 is 1.71 bits per heavy atom. The van der Waals surface area contributed by atoms with Crippen molar-refractivity contribution in [3.8, 4) is 11.1 Å². The summed E-state index contributed by atoms with van der Waals surface area (Å²) in [6, 6.07) is 12.2. The van der Waals surface area contributed by atoms with E-state index >= 15 is 0 Å². The van der Waals surface area contributed by atoms with E-state index in [0.717, 1.165) is 11.5 Å². The van der Waals surface area contributed by atoms with Crippen molar-refractivity contribution in [2.75, 3.05) is 0 Å². The van der Waals surface area contributed by atoms with Crippen LogP contribution in [0.15, 0.2) is 54.7 Å². The van der Waals surface area contributed by atoms with Gasteiger partial charge in [-0.1, -0.05) is 51.1 Å². The number of aromatic nitrogens is 1. The van der Waals surface area contributed by atoms with Crippen LogP contribution in [0.4, 0.5) is 13.2 Å². The topological polar surface area (TPSA) is 4.93 Å². The van der Waals surface area contributed by atoms with E-state index < -0.39 is 23.7 Å². The Morgan fingerprint density at radius 3 is 2.38 bits per heavy atom. The molecule has 1 heterocycles. The highest BCUT2D eigenvalue weighted by Crippen LogP contribution is 2.38. The van der Waals surface area contributed by atoms with Gasteiger partial charge in [0.25, 0.3) is 0 Å². The van der Waals surface area contributed by atoms with Crippen LogP contribution >= 0.6 is 0 Å². The highest BCUT2D eigenvalue weighted by atomic mass is 19.4. The van der Waals surface area contributed by atoms with E-state index in [-0.39, 0.29) is 5.56 Å². The van der Waals surface area contributed by atoms with Crippen LogP contribution in [0, 0.1) is 5.41 Å². The minimum absolute atomic E-state index is 0.0889. The molecular formula is C20H20F3N. The highest BCUT2D eigenvalue weighted by Gasteiger charge is 2.33. The lowest BCUT2D eigenvalue weighted by Crippen LogP contribution is -2.14. The summed E-state index contributed by atoms with van der Waals surface area (Å²) in [5.74, 6) is 0. The van der Waals surface area contributed by atoms with Crippen LogP contribution in [0.3, 0.4) is 0 Å². The van der Waals surface area contributed by atoms with Gasteiger partial charge in [0.1, 0.15) is 0 Å². The van der Waals surface area contributed by atoms with Crippen molar-refractivity contribution in [2.45, 2.75) is 33.4 Å². The molecule has 0 aliphatic carbocycles. The average Bonchev–Trinajstić information content (AvgIpc) is 2.96. The molecule has 0 atom stereocenters. The number of hydrogen-bond acceptors (Lipinski definition) is 0. The normalized spacial score (nSPS) is 14.6. The van der Waals surface area contributed by atoms with Gasteiger partial charge in [-0.3, -0.25) is 0 Å².